The Balaban J connectivity index is 1.87. The van der Waals surface area contributed by atoms with E-state index in [1.54, 1.807) is 17.0 Å². The molecule has 3 aromatic heterocycles. The first-order valence-electron chi connectivity index (χ1n) is 7.76. The summed E-state index contributed by atoms with van der Waals surface area (Å²) < 4.78 is 4.53. The number of hydrogen-bond acceptors (Lipinski definition) is 3. The van der Waals surface area contributed by atoms with Gasteiger partial charge in [-0.05, 0) is 42.5 Å². The number of imidazole rings is 1. The fourth-order valence-electron chi connectivity index (χ4n) is 3.12. The van der Waals surface area contributed by atoms with Crippen molar-refractivity contribution in [2.75, 3.05) is 0 Å². The van der Waals surface area contributed by atoms with Crippen molar-refractivity contribution in [1.82, 2.24) is 18.9 Å². The van der Waals surface area contributed by atoms with Crippen LogP contribution in [-0.4, -0.2) is 18.9 Å². The molecule has 5 nitrogen and oxygen atoms in total. The Morgan fingerprint density at radius 3 is 2.56 bits per heavy atom. The highest BCUT2D eigenvalue weighted by Crippen LogP contribution is 2.20. The molecule has 0 fully saturated rings. The zero-order valence-electron chi connectivity index (χ0n) is 12.9. The summed E-state index contributed by atoms with van der Waals surface area (Å²) in [4.78, 5) is 21.9. The zero-order valence-corrected chi connectivity index (χ0v) is 14.5. The lowest BCUT2D eigenvalue weighted by atomic mass is 10.2. The van der Waals surface area contributed by atoms with Gasteiger partial charge in [0.25, 0.3) is 5.56 Å². The van der Waals surface area contributed by atoms with Crippen LogP contribution in [0.4, 0.5) is 0 Å². The second-order valence-corrected chi connectivity index (χ2v) is 6.68. The molecule has 0 spiro atoms. The second-order valence-electron chi connectivity index (χ2n) is 5.76. The summed E-state index contributed by atoms with van der Waals surface area (Å²) >= 11 is 3.41. The normalized spacial score (nSPS) is 11.6. The fraction of sp³-hybridized carbons (Fsp3) is 0. The summed E-state index contributed by atoms with van der Waals surface area (Å²) in [6.45, 7) is 0. The first kappa shape index (κ1) is 14.4. The Hall–Kier alpha value is -2.99. The smallest absolute Gasteiger partial charge is 0.266 e. The number of benzene rings is 2. The first-order chi connectivity index (χ1) is 12.2. The largest absolute Gasteiger partial charge is 0.284 e. The molecule has 0 saturated heterocycles. The van der Waals surface area contributed by atoms with E-state index >= 15 is 0 Å². The van der Waals surface area contributed by atoms with Gasteiger partial charge in [-0.3, -0.25) is 13.8 Å². The highest BCUT2D eigenvalue weighted by molar-refractivity contribution is 9.10. The SMILES string of the molecule is O=c1c2cnc3nc4ccccc4n3c2ccn1-c1ccc(Br)cc1. The van der Waals surface area contributed by atoms with Crippen LogP contribution >= 0.6 is 15.9 Å². The van der Waals surface area contributed by atoms with Gasteiger partial charge >= 0.3 is 0 Å². The molecule has 5 aromatic rings. The predicted octanol–water partition coefficient (Wildman–Crippen LogP) is 3.95. The lowest BCUT2D eigenvalue weighted by Gasteiger charge is -2.08. The molecule has 2 aromatic carbocycles. The molecule has 0 radical (unpaired) electrons. The molecule has 0 amide bonds. The van der Waals surface area contributed by atoms with Gasteiger partial charge in [-0.15, -0.1) is 0 Å². The maximum atomic E-state index is 13.0. The van der Waals surface area contributed by atoms with Gasteiger partial charge < -0.3 is 0 Å². The lowest BCUT2D eigenvalue weighted by Crippen LogP contribution is -2.18. The topological polar surface area (TPSA) is 52.2 Å². The zero-order chi connectivity index (χ0) is 17.0. The Labute approximate surface area is 150 Å². The molecule has 0 aliphatic rings. The Morgan fingerprint density at radius 2 is 1.72 bits per heavy atom. The molecule has 120 valence electrons. The molecule has 0 bridgehead atoms. The molecule has 0 atom stereocenters. The monoisotopic (exact) mass is 390 g/mol. The van der Waals surface area contributed by atoms with Crippen molar-refractivity contribution in [3.8, 4) is 5.69 Å². The van der Waals surface area contributed by atoms with Crippen LogP contribution in [0.5, 0.6) is 0 Å². The van der Waals surface area contributed by atoms with Gasteiger partial charge in [0.05, 0.1) is 21.9 Å². The highest BCUT2D eigenvalue weighted by atomic mass is 79.9. The molecule has 25 heavy (non-hydrogen) atoms. The van der Waals surface area contributed by atoms with Crippen molar-refractivity contribution in [2.45, 2.75) is 0 Å². The fourth-order valence-corrected chi connectivity index (χ4v) is 3.39. The van der Waals surface area contributed by atoms with Crippen LogP contribution < -0.4 is 5.56 Å². The summed E-state index contributed by atoms with van der Waals surface area (Å²) in [5.41, 5.74) is 3.31. The molecule has 5 rings (SSSR count). The van der Waals surface area contributed by atoms with E-state index in [0.29, 0.717) is 11.2 Å². The summed E-state index contributed by atoms with van der Waals surface area (Å²) in [6.07, 6.45) is 3.40. The minimum atomic E-state index is -0.105. The summed E-state index contributed by atoms with van der Waals surface area (Å²) in [5, 5.41) is 0.557. The molecular weight excluding hydrogens is 380 g/mol. The van der Waals surface area contributed by atoms with Crippen LogP contribution in [0.3, 0.4) is 0 Å². The number of hydrogen-bond donors (Lipinski definition) is 0. The van der Waals surface area contributed by atoms with E-state index in [1.807, 2.05) is 59.0 Å². The van der Waals surface area contributed by atoms with E-state index in [-0.39, 0.29) is 5.56 Å². The maximum absolute atomic E-state index is 13.0. The van der Waals surface area contributed by atoms with Crippen LogP contribution in [-0.2, 0) is 0 Å². The van der Waals surface area contributed by atoms with Crippen LogP contribution in [0.1, 0.15) is 0 Å². The highest BCUT2D eigenvalue weighted by Gasteiger charge is 2.12. The molecule has 0 unspecified atom stereocenters. The van der Waals surface area contributed by atoms with E-state index in [1.165, 1.54) is 0 Å². The third-order valence-corrected chi connectivity index (χ3v) is 4.83. The number of para-hydroxylation sites is 2. The number of rotatable bonds is 1. The van der Waals surface area contributed by atoms with Gasteiger partial charge in [0, 0.05) is 22.6 Å². The van der Waals surface area contributed by atoms with Gasteiger partial charge in [0.1, 0.15) is 0 Å². The van der Waals surface area contributed by atoms with Crippen LogP contribution in [0.2, 0.25) is 0 Å². The quantitative estimate of drug-likeness (QED) is 0.435. The minimum Gasteiger partial charge on any atom is -0.284 e. The van der Waals surface area contributed by atoms with Gasteiger partial charge in [-0.1, -0.05) is 28.1 Å². The molecule has 6 heteroatoms. The van der Waals surface area contributed by atoms with Crippen molar-refractivity contribution in [3.63, 3.8) is 0 Å². The van der Waals surface area contributed by atoms with E-state index < -0.39 is 0 Å². The third kappa shape index (κ3) is 2.11. The molecule has 0 saturated carbocycles. The van der Waals surface area contributed by atoms with Crippen molar-refractivity contribution in [3.05, 3.63) is 81.8 Å². The van der Waals surface area contributed by atoms with E-state index in [9.17, 15) is 4.79 Å². The number of aromatic nitrogens is 4. The van der Waals surface area contributed by atoms with Gasteiger partial charge in [-0.2, -0.15) is 0 Å². The van der Waals surface area contributed by atoms with Gasteiger partial charge in [0.15, 0.2) is 0 Å². The van der Waals surface area contributed by atoms with Crippen molar-refractivity contribution >= 4 is 43.6 Å². The van der Waals surface area contributed by atoms with Crippen LogP contribution in [0.15, 0.2) is 76.3 Å². The number of halogens is 1. The molecular formula is C19H11BrN4O. The number of nitrogens with zero attached hydrogens (tertiary/aromatic N) is 4. The van der Waals surface area contributed by atoms with Gasteiger partial charge in [-0.25, -0.2) is 9.97 Å². The number of pyridine rings is 1. The van der Waals surface area contributed by atoms with E-state index in [2.05, 4.69) is 25.9 Å². The van der Waals surface area contributed by atoms with E-state index in [4.69, 9.17) is 0 Å². The van der Waals surface area contributed by atoms with Crippen molar-refractivity contribution in [2.24, 2.45) is 0 Å². The van der Waals surface area contributed by atoms with Gasteiger partial charge in [0.2, 0.25) is 5.78 Å². The summed E-state index contributed by atoms with van der Waals surface area (Å²) in [7, 11) is 0. The maximum Gasteiger partial charge on any atom is 0.266 e. The first-order valence-corrected chi connectivity index (χ1v) is 8.55. The Bertz CT molecular complexity index is 1320. The average Bonchev–Trinajstić information content (AvgIpc) is 3.02. The molecule has 0 aliphatic heterocycles. The minimum absolute atomic E-state index is 0.105. The standard InChI is InChI=1S/C19H11BrN4O/c20-12-5-7-13(8-6-12)23-10-9-16-14(18(23)25)11-21-19-22-15-3-1-2-4-17(15)24(16)19/h1-11H. The van der Waals surface area contributed by atoms with Crippen LogP contribution in [0.25, 0.3) is 33.4 Å². The molecule has 0 aliphatic carbocycles. The van der Waals surface area contributed by atoms with Crippen molar-refractivity contribution in [1.29, 1.82) is 0 Å². The second kappa shape index (κ2) is 5.26. The van der Waals surface area contributed by atoms with Crippen molar-refractivity contribution < 1.29 is 0 Å². The predicted molar refractivity (Wildman–Crippen MR) is 101 cm³/mol. The number of fused-ring (bicyclic) bond motifs is 5. The molecule has 3 heterocycles. The van der Waals surface area contributed by atoms with Crippen LogP contribution in [0, 0.1) is 0 Å². The average molecular weight is 391 g/mol. The lowest BCUT2D eigenvalue weighted by molar-refractivity contribution is 0.999. The Morgan fingerprint density at radius 1 is 0.920 bits per heavy atom. The Kier molecular flexibility index (Phi) is 3.02. The summed E-state index contributed by atoms with van der Waals surface area (Å²) in [5.74, 6) is 0.592. The summed E-state index contributed by atoms with van der Waals surface area (Å²) in [6, 6.07) is 17.4. The molecule has 0 N–H and O–H groups in total. The third-order valence-electron chi connectivity index (χ3n) is 4.30. The van der Waals surface area contributed by atoms with E-state index in [0.717, 1.165) is 26.7 Å².